The van der Waals surface area contributed by atoms with Crippen molar-refractivity contribution in [1.29, 1.82) is 0 Å². The average Bonchev–Trinajstić information content (AvgIpc) is 2.82. The van der Waals surface area contributed by atoms with Gasteiger partial charge in [-0.1, -0.05) is 45.9 Å². The highest BCUT2D eigenvalue weighted by molar-refractivity contribution is 5.84. The van der Waals surface area contributed by atoms with E-state index in [1.54, 1.807) is 0 Å². The molecule has 0 spiro atoms. The molecule has 1 aliphatic carbocycles. The highest BCUT2D eigenvalue weighted by Gasteiger charge is 2.30. The molecule has 0 unspecified atom stereocenters. The van der Waals surface area contributed by atoms with Gasteiger partial charge in [0.25, 0.3) is 0 Å². The van der Waals surface area contributed by atoms with E-state index < -0.39 is 0 Å². The van der Waals surface area contributed by atoms with E-state index in [-0.39, 0.29) is 11.9 Å². The van der Waals surface area contributed by atoms with E-state index in [4.69, 9.17) is 9.47 Å². The summed E-state index contributed by atoms with van der Waals surface area (Å²) >= 11 is 0. The van der Waals surface area contributed by atoms with Crippen molar-refractivity contribution in [2.24, 2.45) is 17.3 Å². The van der Waals surface area contributed by atoms with Gasteiger partial charge in [-0.2, -0.15) is 0 Å². The maximum absolute atomic E-state index is 12.3. The van der Waals surface area contributed by atoms with Crippen LogP contribution in [0, 0.1) is 17.3 Å². The summed E-state index contributed by atoms with van der Waals surface area (Å²) in [6.45, 7) is 12.4. The fourth-order valence-electron chi connectivity index (χ4n) is 5.65. The van der Waals surface area contributed by atoms with E-state index in [2.05, 4.69) is 62.1 Å². The molecule has 0 amide bonds. The lowest BCUT2D eigenvalue weighted by Gasteiger charge is -2.37. The topological polar surface area (TPSA) is 38.8 Å². The monoisotopic (exact) mass is 465 g/mol. The van der Waals surface area contributed by atoms with E-state index in [0.717, 1.165) is 63.4 Å². The first-order chi connectivity index (χ1) is 16.3. The van der Waals surface area contributed by atoms with Crippen LogP contribution in [-0.4, -0.2) is 36.7 Å². The molecule has 0 N–H and O–H groups in total. The van der Waals surface area contributed by atoms with Gasteiger partial charge in [-0.05, 0) is 97.4 Å². The Labute approximate surface area is 206 Å². The average molecular weight is 466 g/mol. The van der Waals surface area contributed by atoms with Crippen molar-refractivity contribution in [3.8, 4) is 5.75 Å². The van der Waals surface area contributed by atoms with Crippen molar-refractivity contribution < 1.29 is 14.3 Å². The van der Waals surface area contributed by atoms with Crippen LogP contribution in [0.1, 0.15) is 78.2 Å². The van der Waals surface area contributed by atoms with Crippen molar-refractivity contribution in [3.05, 3.63) is 42.0 Å². The molecule has 34 heavy (non-hydrogen) atoms. The van der Waals surface area contributed by atoms with Gasteiger partial charge in [-0.15, -0.1) is 0 Å². The second-order valence-electron chi connectivity index (χ2n) is 11.5. The molecular formula is C30H43NO3. The molecule has 4 nitrogen and oxygen atoms in total. The third-order valence-electron chi connectivity index (χ3n) is 7.77. The van der Waals surface area contributed by atoms with Crippen molar-refractivity contribution in [2.45, 2.75) is 85.3 Å². The van der Waals surface area contributed by atoms with Crippen LogP contribution < -0.4 is 4.74 Å². The van der Waals surface area contributed by atoms with Crippen LogP contribution >= 0.6 is 0 Å². The minimum atomic E-state index is -0.0236. The zero-order valence-electron chi connectivity index (χ0n) is 21.6. The van der Waals surface area contributed by atoms with Crippen molar-refractivity contribution >= 4 is 16.7 Å². The number of hydrogen-bond acceptors (Lipinski definition) is 4. The third-order valence-corrected chi connectivity index (χ3v) is 7.77. The largest absolute Gasteiger partial charge is 0.490 e. The summed E-state index contributed by atoms with van der Waals surface area (Å²) in [5.41, 5.74) is 1.70. The number of hydrogen-bond donors (Lipinski definition) is 0. The van der Waals surface area contributed by atoms with Crippen LogP contribution in [0.25, 0.3) is 10.8 Å². The fourth-order valence-corrected chi connectivity index (χ4v) is 5.65. The Balaban J connectivity index is 1.33. The lowest BCUT2D eigenvalue weighted by molar-refractivity contribution is -0.150. The first-order valence-corrected chi connectivity index (χ1v) is 13.4. The van der Waals surface area contributed by atoms with Gasteiger partial charge in [0.15, 0.2) is 0 Å². The smallest absolute Gasteiger partial charge is 0.310 e. The Morgan fingerprint density at radius 2 is 1.74 bits per heavy atom. The first kappa shape index (κ1) is 25.0. The Morgan fingerprint density at radius 1 is 1.00 bits per heavy atom. The summed E-state index contributed by atoms with van der Waals surface area (Å²) < 4.78 is 11.8. The zero-order valence-corrected chi connectivity index (χ0v) is 21.6. The number of esters is 1. The van der Waals surface area contributed by atoms with Crippen LogP contribution in [0.15, 0.2) is 36.4 Å². The molecule has 1 atom stereocenters. The van der Waals surface area contributed by atoms with Crippen LogP contribution in [0.4, 0.5) is 0 Å². The first-order valence-electron chi connectivity index (χ1n) is 13.4. The Bertz CT molecular complexity index is 955. The lowest BCUT2D eigenvalue weighted by atomic mass is 9.72. The molecule has 1 saturated heterocycles. The van der Waals surface area contributed by atoms with Gasteiger partial charge in [0.1, 0.15) is 5.75 Å². The maximum Gasteiger partial charge on any atom is 0.310 e. The number of piperidine rings is 1. The van der Waals surface area contributed by atoms with Gasteiger partial charge in [-0.3, -0.25) is 9.69 Å². The fraction of sp³-hybridized carbons (Fsp3) is 0.633. The minimum absolute atomic E-state index is 0.0129. The molecule has 0 radical (unpaired) electrons. The molecule has 2 aromatic carbocycles. The van der Waals surface area contributed by atoms with Gasteiger partial charge < -0.3 is 9.47 Å². The predicted octanol–water partition coefficient (Wildman–Crippen LogP) is 6.99. The zero-order chi connectivity index (χ0) is 24.1. The normalized spacial score (nSPS) is 24.2. The molecule has 4 heteroatoms. The quantitative estimate of drug-likeness (QED) is 0.413. The van der Waals surface area contributed by atoms with E-state index in [1.807, 2.05) is 6.92 Å². The summed E-state index contributed by atoms with van der Waals surface area (Å²) in [7, 11) is 0. The molecule has 0 bridgehead atoms. The molecule has 0 aromatic heterocycles. The Kier molecular flexibility index (Phi) is 8.18. The number of carbonyl (C=O) groups is 1. The molecule has 2 aliphatic rings. The van der Waals surface area contributed by atoms with E-state index in [9.17, 15) is 4.79 Å². The summed E-state index contributed by atoms with van der Waals surface area (Å²) in [5.74, 6) is 1.78. The maximum atomic E-state index is 12.3. The van der Waals surface area contributed by atoms with Crippen molar-refractivity contribution in [3.63, 3.8) is 0 Å². The lowest BCUT2D eigenvalue weighted by Crippen LogP contribution is -2.39. The highest BCUT2D eigenvalue weighted by Crippen LogP contribution is 2.39. The SMILES string of the molecule is CCCOC(=O)[C@H]1CCCN(Cc2ccc3cc(OC4CCC(C(C)(C)C)CC4)ccc3c2)C1. The van der Waals surface area contributed by atoms with Crippen LogP contribution in [-0.2, 0) is 16.1 Å². The molecule has 4 rings (SSSR count). The summed E-state index contributed by atoms with van der Waals surface area (Å²) in [6, 6.07) is 13.2. The Hall–Kier alpha value is -2.07. The summed E-state index contributed by atoms with van der Waals surface area (Å²) in [6.07, 6.45) is 8.05. The third kappa shape index (κ3) is 6.53. The molecule has 1 saturated carbocycles. The van der Waals surface area contributed by atoms with E-state index >= 15 is 0 Å². The van der Waals surface area contributed by atoms with Gasteiger partial charge in [0.05, 0.1) is 18.6 Å². The standard InChI is InChI=1S/C30H43NO3/c1-5-17-33-29(32)25-7-6-16-31(21-25)20-22-8-9-24-19-28(13-10-23(24)18-22)34-27-14-11-26(12-15-27)30(2,3)4/h8-10,13,18-19,25-27H,5-7,11-12,14-17,20-21H2,1-4H3/t25-,26?,27?/m0/s1. The number of benzene rings is 2. The molecule has 186 valence electrons. The molecular weight excluding hydrogens is 422 g/mol. The highest BCUT2D eigenvalue weighted by atomic mass is 16.5. The van der Waals surface area contributed by atoms with Crippen LogP contribution in [0.3, 0.4) is 0 Å². The number of ether oxygens (including phenoxy) is 2. The number of fused-ring (bicyclic) bond motifs is 1. The number of carbonyl (C=O) groups excluding carboxylic acids is 1. The number of rotatable bonds is 7. The summed E-state index contributed by atoms with van der Waals surface area (Å²) in [5, 5.41) is 2.47. The van der Waals surface area contributed by atoms with Gasteiger partial charge in [0, 0.05) is 13.1 Å². The summed E-state index contributed by atoms with van der Waals surface area (Å²) in [4.78, 5) is 14.7. The van der Waals surface area contributed by atoms with Gasteiger partial charge in [0.2, 0.25) is 0 Å². The van der Waals surface area contributed by atoms with E-state index in [0.29, 0.717) is 18.1 Å². The van der Waals surface area contributed by atoms with Crippen molar-refractivity contribution in [2.75, 3.05) is 19.7 Å². The number of likely N-dealkylation sites (tertiary alicyclic amines) is 1. The second-order valence-corrected chi connectivity index (χ2v) is 11.5. The van der Waals surface area contributed by atoms with Crippen LogP contribution in [0.2, 0.25) is 0 Å². The molecule has 2 fully saturated rings. The van der Waals surface area contributed by atoms with Gasteiger partial charge in [-0.25, -0.2) is 0 Å². The van der Waals surface area contributed by atoms with Crippen LogP contribution in [0.5, 0.6) is 5.75 Å². The molecule has 1 heterocycles. The molecule has 1 aliphatic heterocycles. The number of nitrogens with zero attached hydrogens (tertiary/aromatic N) is 1. The predicted molar refractivity (Wildman–Crippen MR) is 139 cm³/mol. The minimum Gasteiger partial charge on any atom is -0.490 e. The van der Waals surface area contributed by atoms with Gasteiger partial charge >= 0.3 is 5.97 Å². The van der Waals surface area contributed by atoms with Crippen molar-refractivity contribution in [1.82, 2.24) is 4.90 Å². The molecule has 2 aromatic rings. The second kappa shape index (κ2) is 11.1. The van der Waals surface area contributed by atoms with E-state index in [1.165, 1.54) is 29.2 Å². The Morgan fingerprint density at radius 3 is 2.47 bits per heavy atom.